The molecule has 2 aliphatic rings. The van der Waals surface area contributed by atoms with Gasteiger partial charge in [0.1, 0.15) is 0 Å². The Bertz CT molecular complexity index is 385. The summed E-state index contributed by atoms with van der Waals surface area (Å²) in [4.78, 5) is 0. The van der Waals surface area contributed by atoms with Crippen molar-refractivity contribution in [2.24, 2.45) is 11.8 Å². The van der Waals surface area contributed by atoms with E-state index in [0.717, 1.165) is 11.8 Å². The highest BCUT2D eigenvalue weighted by Gasteiger charge is 2.15. The van der Waals surface area contributed by atoms with Gasteiger partial charge in [0, 0.05) is 0 Å². The van der Waals surface area contributed by atoms with E-state index in [0.29, 0.717) is 0 Å². The molecule has 23 heavy (non-hydrogen) atoms. The van der Waals surface area contributed by atoms with Crippen LogP contribution in [0.25, 0.3) is 6.08 Å². The van der Waals surface area contributed by atoms with Crippen LogP contribution in [0.2, 0.25) is 0 Å². The molecule has 2 N–H and O–H groups in total. The first-order valence-electron chi connectivity index (χ1n) is 9.47. The number of piperidine rings is 2. The normalized spacial score (nSPS) is 19.7. The van der Waals surface area contributed by atoms with Crippen LogP contribution in [0.4, 0.5) is 0 Å². The monoisotopic (exact) mass is 314 g/mol. The number of nitrogens with one attached hydrogen (secondary N) is 2. The summed E-state index contributed by atoms with van der Waals surface area (Å²) in [5.41, 5.74) is 1.17. The predicted octanol–water partition coefficient (Wildman–Crippen LogP) is 4.49. The molecular formula is C21H34N2. The molecule has 1 aromatic rings. The van der Waals surface area contributed by atoms with Gasteiger partial charge in [-0.25, -0.2) is 0 Å². The smallest absolute Gasteiger partial charge is 0.00463 e. The van der Waals surface area contributed by atoms with Crippen molar-refractivity contribution in [1.29, 1.82) is 0 Å². The summed E-state index contributed by atoms with van der Waals surface area (Å²) >= 11 is 0. The Morgan fingerprint density at radius 3 is 1.70 bits per heavy atom. The third-order valence-electron chi connectivity index (χ3n) is 5.18. The Balaban J connectivity index is 0.000000203. The summed E-state index contributed by atoms with van der Waals surface area (Å²) in [7, 11) is 0. The molecule has 2 heterocycles. The molecule has 2 aliphatic heterocycles. The van der Waals surface area contributed by atoms with Crippen LogP contribution in [0.5, 0.6) is 0 Å². The van der Waals surface area contributed by atoms with E-state index in [-0.39, 0.29) is 0 Å². The minimum atomic E-state index is 1.04. The minimum Gasteiger partial charge on any atom is -0.317 e. The van der Waals surface area contributed by atoms with Crippen molar-refractivity contribution in [1.82, 2.24) is 10.6 Å². The van der Waals surface area contributed by atoms with Gasteiger partial charge in [-0.3, -0.25) is 0 Å². The van der Waals surface area contributed by atoms with Crippen LogP contribution in [0.15, 0.2) is 36.9 Å². The summed E-state index contributed by atoms with van der Waals surface area (Å²) in [6.07, 6.45) is 12.0. The Hall–Kier alpha value is -1.12. The van der Waals surface area contributed by atoms with E-state index in [1.807, 2.05) is 36.4 Å². The molecule has 0 saturated carbocycles. The summed E-state index contributed by atoms with van der Waals surface area (Å²) in [5, 5.41) is 6.89. The average Bonchev–Trinajstić information content (AvgIpc) is 2.65. The highest BCUT2D eigenvalue weighted by molar-refractivity contribution is 5.45. The first-order valence-corrected chi connectivity index (χ1v) is 9.47. The third-order valence-corrected chi connectivity index (χ3v) is 5.18. The van der Waals surface area contributed by atoms with Crippen LogP contribution >= 0.6 is 0 Å². The summed E-state index contributed by atoms with van der Waals surface area (Å²) in [5.74, 6) is 2.07. The Morgan fingerprint density at radius 2 is 1.30 bits per heavy atom. The topological polar surface area (TPSA) is 24.1 Å². The molecule has 2 heteroatoms. The fourth-order valence-corrected chi connectivity index (χ4v) is 3.63. The molecule has 0 aromatic heterocycles. The zero-order valence-corrected chi connectivity index (χ0v) is 14.6. The van der Waals surface area contributed by atoms with E-state index < -0.39 is 0 Å². The number of hydrogen-bond donors (Lipinski definition) is 2. The van der Waals surface area contributed by atoms with Gasteiger partial charge >= 0.3 is 0 Å². The van der Waals surface area contributed by atoms with Crippen molar-refractivity contribution >= 4 is 6.08 Å². The zero-order valence-electron chi connectivity index (χ0n) is 14.6. The van der Waals surface area contributed by atoms with E-state index in [1.54, 1.807) is 0 Å². The summed E-state index contributed by atoms with van der Waals surface area (Å²) < 4.78 is 0. The van der Waals surface area contributed by atoms with Gasteiger partial charge in [-0.2, -0.15) is 0 Å². The molecule has 3 rings (SSSR count). The van der Waals surface area contributed by atoms with Gasteiger partial charge in [-0.1, -0.05) is 62.2 Å². The van der Waals surface area contributed by atoms with Crippen molar-refractivity contribution < 1.29 is 0 Å². The summed E-state index contributed by atoms with van der Waals surface area (Å²) in [6.45, 7) is 8.68. The van der Waals surface area contributed by atoms with Crippen LogP contribution in [-0.2, 0) is 0 Å². The molecular weight excluding hydrogens is 280 g/mol. The molecule has 2 nitrogen and oxygen atoms in total. The first-order chi connectivity index (χ1) is 11.4. The highest BCUT2D eigenvalue weighted by Crippen LogP contribution is 2.23. The van der Waals surface area contributed by atoms with Gasteiger partial charge < -0.3 is 10.6 Å². The minimum absolute atomic E-state index is 1.04. The lowest BCUT2D eigenvalue weighted by atomic mass is 9.87. The molecule has 128 valence electrons. The zero-order chi connectivity index (χ0) is 16.2. The lowest BCUT2D eigenvalue weighted by Gasteiger charge is -2.25. The van der Waals surface area contributed by atoms with Gasteiger partial charge in [-0.05, 0) is 69.3 Å². The van der Waals surface area contributed by atoms with Crippen molar-refractivity contribution in [2.75, 3.05) is 26.2 Å². The summed E-state index contributed by atoms with van der Waals surface area (Å²) in [6, 6.07) is 10.0. The third kappa shape index (κ3) is 7.81. The first kappa shape index (κ1) is 18.2. The van der Waals surface area contributed by atoms with E-state index >= 15 is 0 Å². The van der Waals surface area contributed by atoms with E-state index in [4.69, 9.17) is 0 Å². The van der Waals surface area contributed by atoms with E-state index in [2.05, 4.69) is 17.2 Å². The second-order valence-electron chi connectivity index (χ2n) is 6.93. The van der Waals surface area contributed by atoms with Crippen LogP contribution in [0.3, 0.4) is 0 Å². The number of hydrogen-bond acceptors (Lipinski definition) is 2. The average molecular weight is 315 g/mol. The van der Waals surface area contributed by atoms with Crippen LogP contribution in [0.1, 0.15) is 50.5 Å². The van der Waals surface area contributed by atoms with Gasteiger partial charge in [-0.15, -0.1) is 0 Å². The lowest BCUT2D eigenvalue weighted by Crippen LogP contribution is -2.29. The quantitative estimate of drug-likeness (QED) is 0.837. The molecule has 0 amide bonds. The van der Waals surface area contributed by atoms with Crippen LogP contribution < -0.4 is 10.6 Å². The SMILES string of the molecule is C(CC1CCNCC1)CC1CCNCC1.C=Cc1ccccc1. The number of benzene rings is 1. The van der Waals surface area contributed by atoms with Crippen LogP contribution in [-0.4, -0.2) is 26.2 Å². The second kappa shape index (κ2) is 11.4. The van der Waals surface area contributed by atoms with Gasteiger partial charge in [0.15, 0.2) is 0 Å². The molecule has 0 spiro atoms. The Kier molecular flexibility index (Phi) is 9.05. The maximum absolute atomic E-state index is 3.63. The molecule has 0 atom stereocenters. The molecule has 2 fully saturated rings. The molecule has 1 aromatic carbocycles. The highest BCUT2D eigenvalue weighted by atomic mass is 14.9. The van der Waals surface area contributed by atoms with Crippen molar-refractivity contribution in [3.05, 3.63) is 42.5 Å². The molecule has 2 saturated heterocycles. The Morgan fingerprint density at radius 1 is 0.826 bits per heavy atom. The van der Waals surface area contributed by atoms with Crippen LogP contribution in [0, 0.1) is 11.8 Å². The predicted molar refractivity (Wildman–Crippen MR) is 102 cm³/mol. The molecule has 0 bridgehead atoms. The standard InChI is InChI=1S/C13H26N2.C8H8/c1(2-12-4-8-14-9-5-12)3-13-6-10-15-11-7-13;1-2-8-6-4-3-5-7-8/h12-15H,1-11H2;2-7H,1H2. The van der Waals surface area contributed by atoms with Crippen molar-refractivity contribution in [3.63, 3.8) is 0 Å². The van der Waals surface area contributed by atoms with E-state index in [1.165, 1.54) is 76.7 Å². The van der Waals surface area contributed by atoms with Gasteiger partial charge in [0.05, 0.1) is 0 Å². The fraction of sp³-hybridized carbons (Fsp3) is 0.619. The second-order valence-corrected chi connectivity index (χ2v) is 6.93. The Labute approximate surface area is 142 Å². The maximum atomic E-state index is 3.63. The number of rotatable bonds is 5. The van der Waals surface area contributed by atoms with Gasteiger partial charge in [0.25, 0.3) is 0 Å². The molecule has 0 unspecified atom stereocenters. The molecule has 0 aliphatic carbocycles. The molecule has 0 radical (unpaired) electrons. The van der Waals surface area contributed by atoms with Gasteiger partial charge in [0.2, 0.25) is 0 Å². The van der Waals surface area contributed by atoms with Crippen molar-refractivity contribution in [3.8, 4) is 0 Å². The lowest BCUT2D eigenvalue weighted by molar-refractivity contribution is 0.304. The van der Waals surface area contributed by atoms with Crippen molar-refractivity contribution in [2.45, 2.75) is 44.9 Å². The van der Waals surface area contributed by atoms with E-state index in [9.17, 15) is 0 Å². The fourth-order valence-electron chi connectivity index (χ4n) is 3.63. The maximum Gasteiger partial charge on any atom is -0.00463 e. The largest absolute Gasteiger partial charge is 0.317 e.